The number of aryl methyl sites for hydroxylation is 1. The average Bonchev–Trinajstić information content (AvgIpc) is 3.38. The molecule has 28 heavy (non-hydrogen) atoms. The molecular weight excluding hydrogens is 350 g/mol. The van der Waals surface area contributed by atoms with Crippen molar-refractivity contribution in [2.24, 2.45) is 0 Å². The predicted octanol–water partition coefficient (Wildman–Crippen LogP) is 4.18. The monoisotopic (exact) mass is 377 g/mol. The molecule has 4 rings (SSSR count). The van der Waals surface area contributed by atoms with Gasteiger partial charge in [0.15, 0.2) is 0 Å². The Morgan fingerprint density at radius 1 is 1.21 bits per heavy atom. The Morgan fingerprint density at radius 3 is 2.71 bits per heavy atom. The summed E-state index contributed by atoms with van der Waals surface area (Å²) in [6.07, 6.45) is 7.47. The summed E-state index contributed by atoms with van der Waals surface area (Å²) in [5.74, 6) is 0.324. The lowest BCUT2D eigenvalue weighted by molar-refractivity contribution is 0.0706. The molecule has 0 saturated carbocycles. The fraction of sp³-hybridized carbons (Fsp3) is 0.409. The van der Waals surface area contributed by atoms with Gasteiger partial charge >= 0.3 is 0 Å². The maximum Gasteiger partial charge on any atom is 0.257 e. The van der Waals surface area contributed by atoms with Gasteiger partial charge in [-0.05, 0) is 39.2 Å². The van der Waals surface area contributed by atoms with Crippen molar-refractivity contribution >= 4 is 5.91 Å². The first-order valence-corrected chi connectivity index (χ1v) is 9.96. The van der Waals surface area contributed by atoms with Crippen molar-refractivity contribution in [3.8, 4) is 11.1 Å². The normalized spacial score (nSPS) is 17.3. The highest BCUT2D eigenvalue weighted by Gasteiger charge is 2.28. The first kappa shape index (κ1) is 18.5. The molecule has 3 aromatic rings. The highest BCUT2D eigenvalue weighted by molar-refractivity contribution is 5.93. The van der Waals surface area contributed by atoms with E-state index in [9.17, 15) is 4.79 Å². The van der Waals surface area contributed by atoms with Gasteiger partial charge in [0.25, 0.3) is 5.91 Å². The fourth-order valence-corrected chi connectivity index (χ4v) is 3.88. The van der Waals surface area contributed by atoms with E-state index < -0.39 is 0 Å². The van der Waals surface area contributed by atoms with Crippen molar-refractivity contribution in [2.45, 2.75) is 45.6 Å². The summed E-state index contributed by atoms with van der Waals surface area (Å²) in [6, 6.07) is 8.76. The van der Waals surface area contributed by atoms with Crippen molar-refractivity contribution in [3.63, 3.8) is 0 Å². The van der Waals surface area contributed by atoms with Crippen LogP contribution in [0.15, 0.2) is 42.9 Å². The van der Waals surface area contributed by atoms with Gasteiger partial charge in [-0.3, -0.25) is 14.6 Å². The molecule has 1 aliphatic heterocycles. The highest BCUT2D eigenvalue weighted by Crippen LogP contribution is 2.33. The van der Waals surface area contributed by atoms with Gasteiger partial charge in [0.2, 0.25) is 0 Å². The summed E-state index contributed by atoms with van der Waals surface area (Å²) in [6.45, 7) is 7.70. The zero-order valence-corrected chi connectivity index (χ0v) is 16.7. The van der Waals surface area contributed by atoms with Crippen LogP contribution in [-0.4, -0.2) is 43.9 Å². The van der Waals surface area contributed by atoms with Crippen LogP contribution < -0.4 is 0 Å². The third-order valence-electron chi connectivity index (χ3n) is 5.53. The molecule has 1 aliphatic rings. The topological polar surface area (TPSA) is 66.8 Å². The summed E-state index contributed by atoms with van der Waals surface area (Å²) in [7, 11) is 0. The van der Waals surface area contributed by atoms with Crippen LogP contribution in [0.4, 0.5) is 0 Å². The largest absolute Gasteiger partial charge is 0.338 e. The third kappa shape index (κ3) is 3.59. The van der Waals surface area contributed by atoms with E-state index in [1.165, 1.54) is 5.56 Å². The highest BCUT2D eigenvalue weighted by atomic mass is 16.2. The van der Waals surface area contributed by atoms with Crippen LogP contribution in [-0.2, 0) is 0 Å². The maximum absolute atomic E-state index is 13.0. The molecule has 1 fully saturated rings. The Kier molecular flexibility index (Phi) is 5.03. The van der Waals surface area contributed by atoms with E-state index >= 15 is 0 Å². The number of rotatable bonds is 4. The number of carbonyl (C=O) groups is 1. The standard InChI is InChI=1S/C22H27N5O/c1-15(2)27-14-19(11-24-27)22(28)26-10-4-5-18(13-26)21-20(12-23-25-21)17-8-6-16(3)7-9-17/h6-9,11-12,14-15,18H,4-5,10,13H2,1-3H3,(H,23,25)/t18-/m0/s1. The minimum absolute atomic E-state index is 0.0630. The lowest BCUT2D eigenvalue weighted by Gasteiger charge is -2.32. The van der Waals surface area contributed by atoms with Crippen molar-refractivity contribution in [2.75, 3.05) is 13.1 Å². The first-order valence-electron chi connectivity index (χ1n) is 9.96. The Balaban J connectivity index is 1.54. The molecule has 6 heteroatoms. The van der Waals surface area contributed by atoms with Gasteiger partial charge < -0.3 is 4.90 Å². The van der Waals surface area contributed by atoms with Crippen LogP contribution in [0.2, 0.25) is 0 Å². The Hall–Kier alpha value is -2.89. The van der Waals surface area contributed by atoms with Gasteiger partial charge in [0, 0.05) is 42.5 Å². The van der Waals surface area contributed by atoms with E-state index in [-0.39, 0.29) is 17.9 Å². The molecule has 0 bridgehead atoms. The van der Waals surface area contributed by atoms with Crippen molar-refractivity contribution < 1.29 is 4.79 Å². The van der Waals surface area contributed by atoms with Gasteiger partial charge in [-0.1, -0.05) is 29.8 Å². The number of H-pyrrole nitrogens is 1. The minimum Gasteiger partial charge on any atom is -0.338 e. The molecule has 0 aliphatic carbocycles. The van der Waals surface area contributed by atoms with E-state index in [0.717, 1.165) is 36.2 Å². The molecular formula is C22H27N5O. The summed E-state index contributed by atoms with van der Waals surface area (Å²) >= 11 is 0. The van der Waals surface area contributed by atoms with Crippen LogP contribution in [0.3, 0.4) is 0 Å². The number of amides is 1. The number of hydrogen-bond acceptors (Lipinski definition) is 3. The van der Waals surface area contributed by atoms with Crippen molar-refractivity contribution in [3.05, 3.63) is 59.7 Å². The smallest absolute Gasteiger partial charge is 0.257 e. The van der Waals surface area contributed by atoms with Crippen LogP contribution in [0.25, 0.3) is 11.1 Å². The molecule has 0 spiro atoms. The second-order valence-electron chi connectivity index (χ2n) is 7.96. The lowest BCUT2D eigenvalue weighted by atomic mass is 9.90. The third-order valence-corrected chi connectivity index (χ3v) is 5.53. The molecule has 1 amide bonds. The summed E-state index contributed by atoms with van der Waals surface area (Å²) in [5.41, 5.74) is 5.32. The molecule has 1 aromatic carbocycles. The number of aromatic nitrogens is 4. The van der Waals surface area contributed by atoms with Crippen LogP contribution >= 0.6 is 0 Å². The van der Waals surface area contributed by atoms with Crippen LogP contribution in [0.1, 0.15) is 60.3 Å². The SMILES string of the molecule is Cc1ccc(-c2cn[nH]c2[C@H]2CCCN(C(=O)c3cnn(C(C)C)c3)C2)cc1. The second-order valence-corrected chi connectivity index (χ2v) is 7.96. The van der Waals surface area contributed by atoms with Crippen molar-refractivity contribution in [1.29, 1.82) is 0 Å². The van der Waals surface area contributed by atoms with Gasteiger partial charge in [0.05, 0.1) is 18.0 Å². The lowest BCUT2D eigenvalue weighted by Crippen LogP contribution is -2.39. The quantitative estimate of drug-likeness (QED) is 0.742. The van der Waals surface area contributed by atoms with E-state index in [1.807, 2.05) is 22.0 Å². The summed E-state index contributed by atoms with van der Waals surface area (Å²) in [4.78, 5) is 14.9. The number of benzene rings is 1. The van der Waals surface area contributed by atoms with Crippen LogP contribution in [0, 0.1) is 6.92 Å². The molecule has 1 saturated heterocycles. The molecule has 146 valence electrons. The van der Waals surface area contributed by atoms with E-state index in [1.54, 1.807) is 6.20 Å². The predicted molar refractivity (Wildman–Crippen MR) is 109 cm³/mol. The number of piperidine rings is 1. The minimum atomic E-state index is 0.0630. The molecule has 2 aromatic heterocycles. The van der Waals surface area contributed by atoms with E-state index in [2.05, 4.69) is 60.3 Å². The van der Waals surface area contributed by atoms with Crippen molar-refractivity contribution in [1.82, 2.24) is 24.9 Å². The van der Waals surface area contributed by atoms with Gasteiger partial charge in [-0.15, -0.1) is 0 Å². The second kappa shape index (κ2) is 7.62. The number of likely N-dealkylation sites (tertiary alicyclic amines) is 1. The van der Waals surface area contributed by atoms with Gasteiger partial charge in [0.1, 0.15) is 0 Å². The van der Waals surface area contributed by atoms with Crippen LogP contribution in [0.5, 0.6) is 0 Å². The zero-order chi connectivity index (χ0) is 19.7. The van der Waals surface area contributed by atoms with E-state index in [0.29, 0.717) is 12.1 Å². The average molecular weight is 377 g/mol. The maximum atomic E-state index is 13.0. The van der Waals surface area contributed by atoms with Gasteiger partial charge in [-0.2, -0.15) is 10.2 Å². The number of aromatic amines is 1. The Morgan fingerprint density at radius 2 is 2.00 bits per heavy atom. The molecule has 1 atom stereocenters. The Bertz CT molecular complexity index is 953. The van der Waals surface area contributed by atoms with Gasteiger partial charge in [-0.25, -0.2) is 0 Å². The Labute approximate surface area is 165 Å². The molecule has 3 heterocycles. The zero-order valence-electron chi connectivity index (χ0n) is 16.7. The summed E-state index contributed by atoms with van der Waals surface area (Å²) in [5, 5.41) is 11.8. The number of nitrogens with zero attached hydrogens (tertiary/aromatic N) is 4. The molecule has 1 N–H and O–H groups in total. The molecule has 6 nitrogen and oxygen atoms in total. The number of carbonyl (C=O) groups excluding carboxylic acids is 1. The first-order chi connectivity index (χ1) is 13.5. The number of nitrogens with one attached hydrogen (secondary N) is 1. The number of hydrogen-bond donors (Lipinski definition) is 1. The molecule has 0 radical (unpaired) electrons. The fourth-order valence-electron chi connectivity index (χ4n) is 3.88. The van der Waals surface area contributed by atoms with E-state index in [4.69, 9.17) is 0 Å². The molecule has 0 unspecified atom stereocenters. The summed E-state index contributed by atoms with van der Waals surface area (Å²) < 4.78 is 1.83.